The zero-order valence-corrected chi connectivity index (χ0v) is 10.8. The highest BCUT2D eigenvalue weighted by Crippen LogP contribution is 2.14. The molecule has 1 atom stereocenters. The first kappa shape index (κ1) is 12.3. The summed E-state index contributed by atoms with van der Waals surface area (Å²) in [5.74, 6) is 0.486. The maximum absolute atomic E-state index is 11.3. The van der Waals surface area contributed by atoms with Crippen LogP contribution in [0.1, 0.15) is 24.5 Å². The fraction of sp³-hybridized carbons (Fsp3) is 0.462. The van der Waals surface area contributed by atoms with Crippen molar-refractivity contribution in [2.75, 3.05) is 11.5 Å². The van der Waals surface area contributed by atoms with Gasteiger partial charge in [0.15, 0.2) is 9.84 Å². The molecule has 4 heteroatoms. The van der Waals surface area contributed by atoms with E-state index in [1.165, 1.54) is 5.56 Å². The minimum atomic E-state index is -2.82. The Morgan fingerprint density at radius 2 is 2.06 bits per heavy atom. The van der Waals surface area contributed by atoms with Crippen LogP contribution in [0.3, 0.4) is 0 Å². The molecule has 1 aliphatic rings. The highest BCUT2D eigenvalue weighted by atomic mass is 32.2. The number of rotatable bonds is 3. The minimum absolute atomic E-state index is 0.0501. The Morgan fingerprint density at radius 3 is 2.59 bits per heavy atom. The van der Waals surface area contributed by atoms with Crippen molar-refractivity contribution in [2.24, 2.45) is 4.99 Å². The zero-order valence-electron chi connectivity index (χ0n) is 9.96. The Hall–Kier alpha value is -1.16. The molecule has 0 amide bonds. The molecule has 0 saturated carbocycles. The Bertz CT molecular complexity index is 503. The smallest absolute Gasteiger partial charge is 0.152 e. The first-order valence-electron chi connectivity index (χ1n) is 5.91. The Balaban J connectivity index is 2.01. The molecule has 0 unspecified atom stereocenters. The van der Waals surface area contributed by atoms with Gasteiger partial charge in [0.1, 0.15) is 0 Å². The van der Waals surface area contributed by atoms with E-state index in [0.29, 0.717) is 6.42 Å². The van der Waals surface area contributed by atoms with Crippen molar-refractivity contribution >= 4 is 16.1 Å². The molecule has 0 aliphatic carbocycles. The van der Waals surface area contributed by atoms with E-state index in [1.54, 1.807) is 6.21 Å². The monoisotopic (exact) mass is 251 g/mol. The molecule has 1 saturated heterocycles. The van der Waals surface area contributed by atoms with Crippen LogP contribution in [-0.2, 0) is 16.3 Å². The van der Waals surface area contributed by atoms with Crippen molar-refractivity contribution in [3.63, 3.8) is 0 Å². The van der Waals surface area contributed by atoms with Gasteiger partial charge in [-0.05, 0) is 24.0 Å². The number of nitrogens with zero attached hydrogens (tertiary/aromatic N) is 1. The van der Waals surface area contributed by atoms with Crippen molar-refractivity contribution < 1.29 is 8.42 Å². The Morgan fingerprint density at radius 1 is 1.35 bits per heavy atom. The molecule has 0 aromatic heterocycles. The molecule has 1 heterocycles. The topological polar surface area (TPSA) is 46.5 Å². The third-order valence-electron chi connectivity index (χ3n) is 3.03. The van der Waals surface area contributed by atoms with Crippen LogP contribution in [-0.4, -0.2) is 32.2 Å². The molecule has 1 aliphatic heterocycles. The summed E-state index contributed by atoms with van der Waals surface area (Å²) in [6, 6.07) is 8.14. The highest BCUT2D eigenvalue weighted by molar-refractivity contribution is 7.91. The summed E-state index contributed by atoms with van der Waals surface area (Å²) in [5.41, 5.74) is 2.33. The van der Waals surface area contributed by atoms with Crippen molar-refractivity contribution in [1.29, 1.82) is 0 Å². The van der Waals surface area contributed by atoms with Crippen LogP contribution in [0.25, 0.3) is 0 Å². The van der Waals surface area contributed by atoms with Gasteiger partial charge in [0.2, 0.25) is 0 Å². The summed E-state index contributed by atoms with van der Waals surface area (Å²) in [5, 5.41) is 0. The van der Waals surface area contributed by atoms with E-state index < -0.39 is 9.84 Å². The summed E-state index contributed by atoms with van der Waals surface area (Å²) in [4.78, 5) is 4.34. The second kappa shape index (κ2) is 5.00. The van der Waals surface area contributed by atoms with Gasteiger partial charge in [-0.2, -0.15) is 0 Å². The standard InChI is InChI=1S/C13H17NO2S/c1-2-11-3-5-12(6-4-11)9-14-13-7-8-17(15,16)10-13/h3-6,9,13H,2,7-8,10H2,1H3/t13-/m0/s1. The van der Waals surface area contributed by atoms with Gasteiger partial charge in [-0.3, -0.25) is 4.99 Å². The molecule has 92 valence electrons. The third-order valence-corrected chi connectivity index (χ3v) is 4.78. The highest BCUT2D eigenvalue weighted by Gasteiger charge is 2.26. The van der Waals surface area contributed by atoms with Gasteiger partial charge < -0.3 is 0 Å². The van der Waals surface area contributed by atoms with Crippen LogP contribution in [0, 0.1) is 0 Å². The molecule has 1 fully saturated rings. The number of aryl methyl sites for hydroxylation is 1. The van der Waals surface area contributed by atoms with Crippen LogP contribution in [0.5, 0.6) is 0 Å². The summed E-state index contributed by atoms with van der Waals surface area (Å²) in [7, 11) is -2.82. The van der Waals surface area contributed by atoms with Crippen LogP contribution in [0.15, 0.2) is 29.3 Å². The molecule has 0 radical (unpaired) electrons. The van der Waals surface area contributed by atoms with Gasteiger partial charge in [-0.25, -0.2) is 8.42 Å². The van der Waals surface area contributed by atoms with Crippen LogP contribution in [0.4, 0.5) is 0 Å². The van der Waals surface area contributed by atoms with E-state index in [1.807, 2.05) is 12.1 Å². The molecule has 1 aromatic carbocycles. The van der Waals surface area contributed by atoms with Gasteiger partial charge in [0.25, 0.3) is 0 Å². The lowest BCUT2D eigenvalue weighted by Crippen LogP contribution is -2.07. The Labute approximate surface area is 103 Å². The number of sulfone groups is 1. The maximum Gasteiger partial charge on any atom is 0.152 e. The van der Waals surface area contributed by atoms with E-state index in [0.717, 1.165) is 12.0 Å². The van der Waals surface area contributed by atoms with Gasteiger partial charge in [0, 0.05) is 6.21 Å². The molecule has 0 bridgehead atoms. The predicted molar refractivity (Wildman–Crippen MR) is 70.5 cm³/mol. The van der Waals surface area contributed by atoms with Crippen LogP contribution >= 0.6 is 0 Å². The van der Waals surface area contributed by atoms with Gasteiger partial charge in [-0.15, -0.1) is 0 Å². The Kier molecular flexibility index (Phi) is 3.62. The van der Waals surface area contributed by atoms with Crippen LogP contribution in [0.2, 0.25) is 0 Å². The van der Waals surface area contributed by atoms with Gasteiger partial charge in [0.05, 0.1) is 17.5 Å². The molecule has 2 rings (SSSR count). The number of hydrogen-bond acceptors (Lipinski definition) is 3. The minimum Gasteiger partial charge on any atom is -0.288 e. The van der Waals surface area contributed by atoms with E-state index in [-0.39, 0.29) is 17.5 Å². The molecule has 17 heavy (non-hydrogen) atoms. The van der Waals surface area contributed by atoms with Crippen molar-refractivity contribution in [3.05, 3.63) is 35.4 Å². The van der Waals surface area contributed by atoms with E-state index in [4.69, 9.17) is 0 Å². The largest absolute Gasteiger partial charge is 0.288 e. The fourth-order valence-corrected chi connectivity index (χ4v) is 3.56. The molecular weight excluding hydrogens is 234 g/mol. The lowest BCUT2D eigenvalue weighted by atomic mass is 10.1. The average Bonchev–Trinajstić information content (AvgIpc) is 2.67. The van der Waals surface area contributed by atoms with E-state index >= 15 is 0 Å². The summed E-state index contributed by atoms with van der Waals surface area (Å²) in [6.45, 7) is 2.12. The van der Waals surface area contributed by atoms with Gasteiger partial charge >= 0.3 is 0 Å². The number of benzene rings is 1. The van der Waals surface area contributed by atoms with E-state index in [9.17, 15) is 8.42 Å². The molecular formula is C13H17NO2S. The van der Waals surface area contributed by atoms with Gasteiger partial charge in [-0.1, -0.05) is 31.2 Å². The second-order valence-corrected chi connectivity index (χ2v) is 6.66. The molecule has 0 spiro atoms. The lowest BCUT2D eigenvalue weighted by molar-refractivity contribution is 0.601. The van der Waals surface area contributed by atoms with Crippen molar-refractivity contribution in [2.45, 2.75) is 25.8 Å². The quantitative estimate of drug-likeness (QED) is 0.770. The summed E-state index contributed by atoms with van der Waals surface area (Å²) < 4.78 is 22.5. The van der Waals surface area contributed by atoms with E-state index in [2.05, 4.69) is 24.0 Å². The number of hydrogen-bond donors (Lipinski definition) is 0. The molecule has 0 N–H and O–H groups in total. The third kappa shape index (κ3) is 3.40. The lowest BCUT2D eigenvalue weighted by Gasteiger charge is -2.00. The first-order chi connectivity index (χ1) is 8.09. The zero-order chi connectivity index (χ0) is 12.3. The van der Waals surface area contributed by atoms with Crippen LogP contribution < -0.4 is 0 Å². The second-order valence-electron chi connectivity index (χ2n) is 4.43. The summed E-state index contributed by atoms with van der Waals surface area (Å²) in [6.07, 6.45) is 3.47. The summed E-state index contributed by atoms with van der Waals surface area (Å²) >= 11 is 0. The first-order valence-corrected chi connectivity index (χ1v) is 7.74. The maximum atomic E-state index is 11.3. The fourth-order valence-electron chi connectivity index (χ4n) is 1.92. The normalized spacial score (nSPS) is 23.2. The number of aliphatic imine (C=N–C) groups is 1. The van der Waals surface area contributed by atoms with Crippen molar-refractivity contribution in [1.82, 2.24) is 0 Å². The molecule has 3 nitrogen and oxygen atoms in total. The SMILES string of the molecule is CCc1ccc(C=N[C@H]2CCS(=O)(=O)C2)cc1. The predicted octanol–water partition coefficient (Wildman–Crippen LogP) is 1.85. The average molecular weight is 251 g/mol. The molecule has 1 aromatic rings. The van der Waals surface area contributed by atoms with Crippen molar-refractivity contribution in [3.8, 4) is 0 Å².